The van der Waals surface area contributed by atoms with Crippen LogP contribution in [0.5, 0.6) is 0 Å². The highest BCUT2D eigenvalue weighted by Crippen LogP contribution is 2.12. The average Bonchev–Trinajstić information content (AvgIpc) is 2.90. The molecule has 1 amide bonds. The Bertz CT molecular complexity index is 550. The molecular weight excluding hydrogens is 242 g/mol. The van der Waals surface area contributed by atoms with Crippen LogP contribution in [0.4, 0.5) is 0 Å². The van der Waals surface area contributed by atoms with E-state index >= 15 is 0 Å². The third kappa shape index (κ3) is 3.54. The molecule has 1 aromatic carbocycles. The quantitative estimate of drug-likeness (QED) is 0.693. The summed E-state index contributed by atoms with van der Waals surface area (Å²) < 4.78 is 0. The Morgan fingerprint density at radius 2 is 2.37 bits per heavy atom. The van der Waals surface area contributed by atoms with Gasteiger partial charge in [-0.05, 0) is 37.0 Å². The maximum atomic E-state index is 11.9. The molecule has 0 saturated heterocycles. The lowest BCUT2D eigenvalue weighted by Crippen LogP contribution is -2.24. The van der Waals surface area contributed by atoms with E-state index in [0.717, 1.165) is 23.7 Å². The summed E-state index contributed by atoms with van der Waals surface area (Å²) in [6.45, 7) is 2.83. The molecule has 2 aromatic rings. The van der Waals surface area contributed by atoms with Crippen molar-refractivity contribution in [2.24, 2.45) is 5.92 Å². The first-order valence-electron chi connectivity index (χ1n) is 6.53. The van der Waals surface area contributed by atoms with Crippen molar-refractivity contribution in [1.29, 1.82) is 0 Å². The Labute approximate surface area is 112 Å². The molecular formula is C14H19N3O2. The van der Waals surface area contributed by atoms with E-state index in [4.69, 9.17) is 5.11 Å². The van der Waals surface area contributed by atoms with E-state index in [1.165, 1.54) is 0 Å². The van der Waals surface area contributed by atoms with E-state index in [1.807, 2.05) is 19.1 Å². The number of aromatic nitrogens is 2. The minimum atomic E-state index is -0.0697. The standard InChI is InChI=1S/C14H19N3O2/c1-10(9-18)3-2-6-15-14(19)11-4-5-13-12(7-11)8-16-17-13/h4-5,7-8,10,18H,2-3,6,9H2,1H3,(H,15,19)(H,16,17). The number of fused-ring (bicyclic) bond motifs is 1. The molecule has 0 fully saturated rings. The second-order valence-electron chi connectivity index (χ2n) is 4.86. The molecule has 1 aromatic heterocycles. The number of nitrogens with zero attached hydrogens (tertiary/aromatic N) is 1. The van der Waals surface area contributed by atoms with E-state index in [0.29, 0.717) is 18.0 Å². The highest BCUT2D eigenvalue weighted by atomic mass is 16.3. The third-order valence-electron chi connectivity index (χ3n) is 3.17. The number of aromatic amines is 1. The number of carbonyl (C=O) groups is 1. The fourth-order valence-electron chi connectivity index (χ4n) is 1.93. The maximum absolute atomic E-state index is 11.9. The Morgan fingerprint density at radius 3 is 3.16 bits per heavy atom. The minimum absolute atomic E-state index is 0.0697. The number of nitrogens with one attached hydrogen (secondary N) is 2. The molecule has 0 aliphatic rings. The van der Waals surface area contributed by atoms with Gasteiger partial charge in [-0.3, -0.25) is 9.89 Å². The van der Waals surface area contributed by atoms with Crippen LogP contribution in [-0.2, 0) is 0 Å². The summed E-state index contributed by atoms with van der Waals surface area (Å²) in [5.41, 5.74) is 1.57. The molecule has 0 saturated carbocycles. The lowest BCUT2D eigenvalue weighted by molar-refractivity contribution is 0.0952. The lowest BCUT2D eigenvalue weighted by atomic mass is 10.1. The first-order chi connectivity index (χ1) is 9.20. The molecule has 0 spiro atoms. The van der Waals surface area contributed by atoms with Crippen LogP contribution < -0.4 is 5.32 Å². The van der Waals surface area contributed by atoms with Crippen LogP contribution in [-0.4, -0.2) is 34.4 Å². The van der Waals surface area contributed by atoms with Crippen LogP contribution in [0.2, 0.25) is 0 Å². The van der Waals surface area contributed by atoms with Crippen molar-refractivity contribution in [2.75, 3.05) is 13.2 Å². The smallest absolute Gasteiger partial charge is 0.251 e. The van der Waals surface area contributed by atoms with Gasteiger partial charge >= 0.3 is 0 Å². The van der Waals surface area contributed by atoms with Crippen molar-refractivity contribution in [3.8, 4) is 0 Å². The Hall–Kier alpha value is -1.88. The number of H-pyrrole nitrogens is 1. The molecule has 102 valence electrons. The predicted octanol–water partition coefficient (Wildman–Crippen LogP) is 1.70. The summed E-state index contributed by atoms with van der Waals surface area (Å²) in [4.78, 5) is 11.9. The van der Waals surface area contributed by atoms with Gasteiger partial charge in [0.25, 0.3) is 5.91 Å². The van der Waals surface area contributed by atoms with Gasteiger partial charge in [-0.15, -0.1) is 0 Å². The van der Waals surface area contributed by atoms with Crippen molar-refractivity contribution in [1.82, 2.24) is 15.5 Å². The molecule has 5 nitrogen and oxygen atoms in total. The normalized spacial score (nSPS) is 12.5. The molecule has 1 unspecified atom stereocenters. The summed E-state index contributed by atoms with van der Waals surface area (Å²) >= 11 is 0. The van der Waals surface area contributed by atoms with Crippen LogP contribution in [0.25, 0.3) is 10.9 Å². The summed E-state index contributed by atoms with van der Waals surface area (Å²) in [7, 11) is 0. The predicted molar refractivity (Wildman–Crippen MR) is 73.9 cm³/mol. The Kier molecular flexibility index (Phi) is 4.52. The maximum Gasteiger partial charge on any atom is 0.251 e. The second-order valence-corrected chi connectivity index (χ2v) is 4.86. The largest absolute Gasteiger partial charge is 0.396 e. The van der Waals surface area contributed by atoms with E-state index in [9.17, 15) is 4.79 Å². The van der Waals surface area contributed by atoms with Crippen LogP contribution >= 0.6 is 0 Å². The summed E-state index contributed by atoms with van der Waals surface area (Å²) in [5, 5.41) is 19.5. The molecule has 5 heteroatoms. The second kappa shape index (κ2) is 6.33. The Balaban J connectivity index is 1.85. The third-order valence-corrected chi connectivity index (χ3v) is 3.17. The number of amides is 1. The molecule has 19 heavy (non-hydrogen) atoms. The fourth-order valence-corrected chi connectivity index (χ4v) is 1.93. The van der Waals surface area contributed by atoms with Crippen molar-refractivity contribution in [3.63, 3.8) is 0 Å². The highest BCUT2D eigenvalue weighted by Gasteiger charge is 2.07. The Morgan fingerprint density at radius 1 is 1.53 bits per heavy atom. The number of hydrogen-bond donors (Lipinski definition) is 3. The average molecular weight is 261 g/mol. The minimum Gasteiger partial charge on any atom is -0.396 e. The van der Waals surface area contributed by atoms with Crippen molar-refractivity contribution in [2.45, 2.75) is 19.8 Å². The number of hydrogen-bond acceptors (Lipinski definition) is 3. The number of aliphatic hydroxyl groups excluding tert-OH is 1. The zero-order valence-corrected chi connectivity index (χ0v) is 11.0. The molecule has 0 radical (unpaired) electrons. The van der Waals surface area contributed by atoms with E-state index in [-0.39, 0.29) is 12.5 Å². The number of benzene rings is 1. The van der Waals surface area contributed by atoms with Gasteiger partial charge in [0.05, 0.1) is 11.7 Å². The molecule has 1 atom stereocenters. The first-order valence-corrected chi connectivity index (χ1v) is 6.53. The van der Waals surface area contributed by atoms with Gasteiger partial charge < -0.3 is 10.4 Å². The summed E-state index contributed by atoms with van der Waals surface area (Å²) in [6.07, 6.45) is 3.49. The molecule has 0 aliphatic carbocycles. The number of rotatable bonds is 6. The zero-order chi connectivity index (χ0) is 13.7. The van der Waals surface area contributed by atoms with Crippen LogP contribution in [0.15, 0.2) is 24.4 Å². The van der Waals surface area contributed by atoms with Crippen molar-refractivity contribution >= 4 is 16.8 Å². The highest BCUT2D eigenvalue weighted by molar-refractivity contribution is 5.97. The SMILES string of the molecule is CC(CO)CCCNC(=O)c1ccc2[nH]ncc2c1. The van der Waals surface area contributed by atoms with Crippen LogP contribution in [0.3, 0.4) is 0 Å². The van der Waals surface area contributed by atoms with Gasteiger partial charge in [0.15, 0.2) is 0 Å². The van der Waals surface area contributed by atoms with Crippen LogP contribution in [0, 0.1) is 5.92 Å². The van der Waals surface area contributed by atoms with Crippen molar-refractivity contribution in [3.05, 3.63) is 30.0 Å². The lowest BCUT2D eigenvalue weighted by Gasteiger charge is -2.08. The van der Waals surface area contributed by atoms with Gasteiger partial charge in [0.1, 0.15) is 0 Å². The van der Waals surface area contributed by atoms with Gasteiger partial charge in [0, 0.05) is 24.1 Å². The van der Waals surface area contributed by atoms with Crippen molar-refractivity contribution < 1.29 is 9.90 Å². The van der Waals surface area contributed by atoms with E-state index < -0.39 is 0 Å². The topological polar surface area (TPSA) is 78.0 Å². The molecule has 0 aliphatic heterocycles. The van der Waals surface area contributed by atoms with Gasteiger partial charge in [-0.25, -0.2) is 0 Å². The zero-order valence-electron chi connectivity index (χ0n) is 11.0. The first kappa shape index (κ1) is 13.5. The monoisotopic (exact) mass is 261 g/mol. The molecule has 1 heterocycles. The molecule has 3 N–H and O–H groups in total. The number of aliphatic hydroxyl groups is 1. The van der Waals surface area contributed by atoms with Crippen LogP contribution in [0.1, 0.15) is 30.1 Å². The fraction of sp³-hybridized carbons (Fsp3) is 0.429. The molecule has 2 rings (SSSR count). The molecule has 0 bridgehead atoms. The van der Waals surface area contributed by atoms with Gasteiger partial charge in [-0.1, -0.05) is 6.92 Å². The summed E-state index contributed by atoms with van der Waals surface area (Å²) in [5.74, 6) is 0.221. The summed E-state index contributed by atoms with van der Waals surface area (Å²) in [6, 6.07) is 5.46. The van der Waals surface area contributed by atoms with E-state index in [2.05, 4.69) is 15.5 Å². The van der Waals surface area contributed by atoms with Gasteiger partial charge in [0.2, 0.25) is 0 Å². The van der Waals surface area contributed by atoms with E-state index in [1.54, 1.807) is 12.3 Å². The van der Waals surface area contributed by atoms with Gasteiger partial charge in [-0.2, -0.15) is 5.10 Å². The number of carbonyl (C=O) groups excluding carboxylic acids is 1.